The van der Waals surface area contributed by atoms with E-state index in [2.05, 4.69) is 10.2 Å². The summed E-state index contributed by atoms with van der Waals surface area (Å²) in [4.78, 5) is 2.57. The Bertz CT molecular complexity index is 359. The van der Waals surface area contributed by atoms with Crippen LogP contribution in [0.2, 0.25) is 0 Å². The Labute approximate surface area is 95.4 Å². The van der Waals surface area contributed by atoms with Crippen molar-refractivity contribution in [3.8, 4) is 0 Å². The number of benzene rings is 1. The van der Waals surface area contributed by atoms with E-state index >= 15 is 0 Å². The van der Waals surface area contributed by atoms with Gasteiger partial charge in [-0.25, -0.2) is 4.39 Å². The second-order valence-corrected chi connectivity index (χ2v) is 4.86. The van der Waals surface area contributed by atoms with Crippen molar-refractivity contribution in [2.24, 2.45) is 0 Å². The fourth-order valence-electron chi connectivity index (χ4n) is 2.46. The van der Waals surface area contributed by atoms with Crippen LogP contribution in [0.1, 0.15) is 19.3 Å². The Morgan fingerprint density at radius 1 is 1.12 bits per heavy atom. The highest BCUT2D eigenvalue weighted by molar-refractivity contribution is 5.44. The van der Waals surface area contributed by atoms with Gasteiger partial charge in [0.05, 0.1) is 0 Å². The quantitative estimate of drug-likeness (QED) is 0.841. The van der Waals surface area contributed by atoms with Gasteiger partial charge in [-0.2, -0.15) is 0 Å². The van der Waals surface area contributed by atoms with Crippen molar-refractivity contribution in [2.45, 2.75) is 31.3 Å². The van der Waals surface area contributed by atoms with Crippen molar-refractivity contribution >= 4 is 5.69 Å². The first-order valence-electron chi connectivity index (χ1n) is 6.07. The fourth-order valence-corrected chi connectivity index (χ4v) is 2.46. The van der Waals surface area contributed by atoms with Gasteiger partial charge in [-0.05, 0) is 43.5 Å². The number of likely N-dealkylation sites (tertiary alicyclic amines) is 1. The SMILES string of the molecule is Fc1ccc(NC2CCN(C3CC3)C2)cc1. The molecule has 3 heteroatoms. The lowest BCUT2D eigenvalue weighted by molar-refractivity contribution is 0.326. The average molecular weight is 220 g/mol. The lowest BCUT2D eigenvalue weighted by Crippen LogP contribution is -2.27. The van der Waals surface area contributed by atoms with Crippen LogP contribution < -0.4 is 5.32 Å². The van der Waals surface area contributed by atoms with Crippen LogP contribution >= 0.6 is 0 Å². The first-order valence-corrected chi connectivity index (χ1v) is 6.07. The van der Waals surface area contributed by atoms with Gasteiger partial charge in [-0.15, -0.1) is 0 Å². The number of nitrogens with zero attached hydrogens (tertiary/aromatic N) is 1. The largest absolute Gasteiger partial charge is 0.381 e. The number of hydrogen-bond acceptors (Lipinski definition) is 2. The summed E-state index contributed by atoms with van der Waals surface area (Å²) >= 11 is 0. The van der Waals surface area contributed by atoms with Crippen molar-refractivity contribution < 1.29 is 4.39 Å². The maximum Gasteiger partial charge on any atom is 0.123 e. The summed E-state index contributed by atoms with van der Waals surface area (Å²) in [5.74, 6) is -0.170. The third-order valence-electron chi connectivity index (χ3n) is 3.50. The summed E-state index contributed by atoms with van der Waals surface area (Å²) in [5.41, 5.74) is 1.03. The van der Waals surface area contributed by atoms with Gasteiger partial charge in [-0.1, -0.05) is 0 Å². The number of anilines is 1. The van der Waals surface area contributed by atoms with Gasteiger partial charge < -0.3 is 5.32 Å². The minimum atomic E-state index is -0.170. The maximum absolute atomic E-state index is 12.7. The van der Waals surface area contributed by atoms with Crippen molar-refractivity contribution in [3.05, 3.63) is 30.1 Å². The summed E-state index contributed by atoms with van der Waals surface area (Å²) in [6.45, 7) is 2.35. The van der Waals surface area contributed by atoms with E-state index in [4.69, 9.17) is 0 Å². The van der Waals surface area contributed by atoms with Crippen LogP contribution in [0.4, 0.5) is 10.1 Å². The molecular formula is C13H17FN2. The summed E-state index contributed by atoms with van der Waals surface area (Å²) < 4.78 is 12.7. The molecule has 2 nitrogen and oxygen atoms in total. The Morgan fingerprint density at radius 2 is 1.88 bits per heavy atom. The van der Waals surface area contributed by atoms with Gasteiger partial charge in [-0.3, -0.25) is 4.90 Å². The molecule has 1 aromatic rings. The van der Waals surface area contributed by atoms with E-state index in [-0.39, 0.29) is 5.82 Å². The molecule has 2 fully saturated rings. The van der Waals surface area contributed by atoms with Gasteiger partial charge in [0.2, 0.25) is 0 Å². The molecule has 1 unspecified atom stereocenters. The molecule has 16 heavy (non-hydrogen) atoms. The molecule has 0 radical (unpaired) electrons. The van der Waals surface area contributed by atoms with Gasteiger partial charge in [0.1, 0.15) is 5.82 Å². The number of rotatable bonds is 3. The zero-order chi connectivity index (χ0) is 11.0. The van der Waals surface area contributed by atoms with Crippen molar-refractivity contribution in [1.29, 1.82) is 0 Å². The van der Waals surface area contributed by atoms with Crippen LogP contribution in [0.25, 0.3) is 0 Å². The normalized spacial score (nSPS) is 25.9. The minimum absolute atomic E-state index is 0.170. The summed E-state index contributed by atoms with van der Waals surface area (Å²) in [6, 6.07) is 8.04. The topological polar surface area (TPSA) is 15.3 Å². The molecule has 1 aromatic carbocycles. The zero-order valence-electron chi connectivity index (χ0n) is 9.32. The first-order chi connectivity index (χ1) is 7.81. The van der Waals surface area contributed by atoms with Gasteiger partial charge in [0, 0.05) is 30.9 Å². The lowest BCUT2D eigenvalue weighted by atomic mass is 10.2. The van der Waals surface area contributed by atoms with Gasteiger partial charge >= 0.3 is 0 Å². The van der Waals surface area contributed by atoms with Crippen molar-refractivity contribution in [2.75, 3.05) is 18.4 Å². The van der Waals surface area contributed by atoms with E-state index in [0.717, 1.165) is 18.3 Å². The number of hydrogen-bond donors (Lipinski definition) is 1. The molecule has 1 aliphatic heterocycles. The molecule has 1 heterocycles. The monoisotopic (exact) mass is 220 g/mol. The Kier molecular flexibility index (Phi) is 2.56. The highest BCUT2D eigenvalue weighted by atomic mass is 19.1. The van der Waals surface area contributed by atoms with Crippen molar-refractivity contribution in [1.82, 2.24) is 4.90 Å². The molecular weight excluding hydrogens is 203 g/mol. The third-order valence-corrected chi connectivity index (χ3v) is 3.50. The van der Waals surface area contributed by atoms with Crippen LogP contribution in [0.3, 0.4) is 0 Å². The summed E-state index contributed by atoms with van der Waals surface area (Å²) in [6.07, 6.45) is 3.96. The summed E-state index contributed by atoms with van der Waals surface area (Å²) in [5, 5.41) is 3.47. The molecule has 1 N–H and O–H groups in total. The molecule has 86 valence electrons. The summed E-state index contributed by atoms with van der Waals surface area (Å²) in [7, 11) is 0. The van der Waals surface area contributed by atoms with Crippen molar-refractivity contribution in [3.63, 3.8) is 0 Å². The van der Waals surface area contributed by atoms with E-state index in [1.54, 1.807) is 0 Å². The van der Waals surface area contributed by atoms with E-state index in [1.807, 2.05) is 12.1 Å². The first kappa shape index (κ1) is 10.1. The van der Waals surface area contributed by atoms with Crippen LogP contribution in [0, 0.1) is 5.82 Å². The highest BCUT2D eigenvalue weighted by Crippen LogP contribution is 2.30. The second kappa shape index (κ2) is 4.06. The molecule has 1 aliphatic carbocycles. The molecule has 1 saturated heterocycles. The molecule has 2 aliphatic rings. The Morgan fingerprint density at radius 3 is 2.56 bits per heavy atom. The van der Waals surface area contributed by atoms with Gasteiger partial charge in [0.25, 0.3) is 0 Å². The van der Waals surface area contributed by atoms with Crippen LogP contribution in [-0.2, 0) is 0 Å². The van der Waals surface area contributed by atoms with E-state index in [1.165, 1.54) is 37.9 Å². The third kappa shape index (κ3) is 2.19. The zero-order valence-corrected chi connectivity index (χ0v) is 9.32. The van der Waals surface area contributed by atoms with Crippen LogP contribution in [0.15, 0.2) is 24.3 Å². The molecule has 0 spiro atoms. The standard InChI is InChI=1S/C13H17FN2/c14-10-1-3-11(4-2-10)15-12-7-8-16(9-12)13-5-6-13/h1-4,12-13,15H,5-9H2. The fraction of sp³-hybridized carbons (Fsp3) is 0.538. The second-order valence-electron chi connectivity index (χ2n) is 4.86. The molecule has 1 saturated carbocycles. The molecule has 0 bridgehead atoms. The van der Waals surface area contributed by atoms with Crippen LogP contribution in [0.5, 0.6) is 0 Å². The van der Waals surface area contributed by atoms with E-state index in [9.17, 15) is 4.39 Å². The number of nitrogens with one attached hydrogen (secondary N) is 1. The van der Waals surface area contributed by atoms with E-state index in [0.29, 0.717) is 6.04 Å². The predicted molar refractivity (Wildman–Crippen MR) is 63.0 cm³/mol. The molecule has 1 atom stereocenters. The smallest absolute Gasteiger partial charge is 0.123 e. The Balaban J connectivity index is 1.57. The predicted octanol–water partition coefficient (Wildman–Crippen LogP) is 2.47. The van der Waals surface area contributed by atoms with Gasteiger partial charge in [0.15, 0.2) is 0 Å². The minimum Gasteiger partial charge on any atom is -0.381 e. The number of halogens is 1. The highest BCUT2D eigenvalue weighted by Gasteiger charge is 2.34. The molecule has 0 aromatic heterocycles. The lowest BCUT2D eigenvalue weighted by Gasteiger charge is -2.16. The van der Waals surface area contributed by atoms with E-state index < -0.39 is 0 Å². The van der Waals surface area contributed by atoms with Crippen LogP contribution in [-0.4, -0.2) is 30.1 Å². The molecule has 0 amide bonds. The maximum atomic E-state index is 12.7. The molecule has 3 rings (SSSR count). The Hall–Kier alpha value is -1.09. The average Bonchev–Trinajstić information content (AvgIpc) is 3.04.